The molecule has 0 saturated carbocycles. The molecule has 2 N–H and O–H groups in total. The van der Waals surface area contributed by atoms with E-state index < -0.39 is 19.8 Å². The first-order valence-corrected chi connectivity index (χ1v) is 18.0. The van der Waals surface area contributed by atoms with E-state index in [1.54, 1.807) is 65.5 Å². The van der Waals surface area contributed by atoms with Crippen molar-refractivity contribution in [3.05, 3.63) is 84.3 Å². The van der Waals surface area contributed by atoms with Crippen LogP contribution in [0.15, 0.2) is 73.2 Å². The zero-order chi connectivity index (χ0) is 31.9. The third-order valence-corrected chi connectivity index (χ3v) is 8.14. The summed E-state index contributed by atoms with van der Waals surface area (Å²) in [5.74, 6) is -0.501. The second kappa shape index (κ2) is 14.0. The highest BCUT2D eigenvalue weighted by Crippen LogP contribution is 2.36. The van der Waals surface area contributed by atoms with E-state index >= 15 is 0 Å². The first kappa shape index (κ1) is 32.6. The van der Waals surface area contributed by atoms with E-state index in [4.69, 9.17) is 4.74 Å². The van der Waals surface area contributed by atoms with Crippen molar-refractivity contribution in [3.8, 4) is 22.5 Å². The van der Waals surface area contributed by atoms with Gasteiger partial charge in [-0.2, -0.15) is 18.3 Å². The van der Waals surface area contributed by atoms with E-state index in [0.717, 1.165) is 23.4 Å². The predicted molar refractivity (Wildman–Crippen MR) is 170 cm³/mol. The average molecular weight is 623 g/mol. The van der Waals surface area contributed by atoms with Gasteiger partial charge in [-0.05, 0) is 55.3 Å². The van der Waals surface area contributed by atoms with E-state index in [2.05, 4.69) is 45.3 Å². The van der Waals surface area contributed by atoms with Crippen molar-refractivity contribution in [2.45, 2.75) is 58.5 Å². The van der Waals surface area contributed by atoms with Gasteiger partial charge in [0.25, 0.3) is 0 Å². The number of alkyl halides is 3. The fourth-order valence-electron chi connectivity index (χ4n) is 4.11. The van der Waals surface area contributed by atoms with Gasteiger partial charge in [-0.25, -0.2) is 14.6 Å². The van der Waals surface area contributed by atoms with E-state index in [0.29, 0.717) is 30.2 Å². The van der Waals surface area contributed by atoms with Crippen LogP contribution in [0.4, 0.5) is 24.7 Å². The molecule has 2 aromatic carbocycles. The Morgan fingerprint density at radius 2 is 1.80 bits per heavy atom. The summed E-state index contributed by atoms with van der Waals surface area (Å²) in [4.78, 5) is 20.2. The van der Waals surface area contributed by atoms with E-state index in [-0.39, 0.29) is 23.6 Å². The second-order valence-corrected chi connectivity index (χ2v) is 17.5. The number of carbonyl (C=O) groups excluding carboxylic acids is 1. The number of rotatable bonds is 12. The van der Waals surface area contributed by atoms with Gasteiger partial charge in [-0.15, -0.1) is 0 Å². The Hall–Kier alpha value is -4.29. The van der Waals surface area contributed by atoms with Gasteiger partial charge in [0.15, 0.2) is 5.82 Å². The number of hydrogen-bond acceptors (Lipinski definition) is 6. The van der Waals surface area contributed by atoms with Gasteiger partial charge in [-0.3, -0.25) is 4.79 Å². The fourth-order valence-corrected chi connectivity index (χ4v) is 4.87. The lowest BCUT2D eigenvalue weighted by Crippen LogP contribution is -2.28. The van der Waals surface area contributed by atoms with Crippen molar-refractivity contribution in [2.75, 3.05) is 11.9 Å². The van der Waals surface area contributed by atoms with E-state index in [1.165, 1.54) is 6.08 Å². The Morgan fingerprint density at radius 1 is 1.05 bits per heavy atom. The van der Waals surface area contributed by atoms with Crippen molar-refractivity contribution in [2.24, 2.45) is 0 Å². The van der Waals surface area contributed by atoms with Gasteiger partial charge in [0.1, 0.15) is 18.1 Å². The molecular weight excluding hydrogens is 585 g/mol. The molecule has 0 atom stereocenters. The van der Waals surface area contributed by atoms with Gasteiger partial charge in [0.05, 0.1) is 6.20 Å². The summed E-state index contributed by atoms with van der Waals surface area (Å²) in [7, 11) is -1.17. The van der Waals surface area contributed by atoms with Gasteiger partial charge in [0.2, 0.25) is 5.91 Å². The SMILES string of the molecule is CC(C)NC(=O)/C=C/c1cccc(-c2ncc(C(F)(F)F)c(Nc3ccc(-c4cnn(COCC[Si](C)(C)C)c4)cc3)n2)c1. The number of halogens is 3. The van der Waals surface area contributed by atoms with Crippen molar-refractivity contribution in [1.29, 1.82) is 0 Å². The molecule has 44 heavy (non-hydrogen) atoms. The number of nitrogens with zero attached hydrogens (tertiary/aromatic N) is 4. The molecule has 232 valence electrons. The number of amides is 1. The Morgan fingerprint density at radius 3 is 2.48 bits per heavy atom. The molecule has 0 saturated heterocycles. The third kappa shape index (κ3) is 9.61. The first-order valence-electron chi connectivity index (χ1n) is 14.3. The monoisotopic (exact) mass is 622 g/mol. The molecule has 4 rings (SSSR count). The molecule has 0 radical (unpaired) electrons. The Labute approximate surface area is 256 Å². The molecule has 0 aliphatic carbocycles. The zero-order valence-electron chi connectivity index (χ0n) is 25.4. The Balaban J connectivity index is 1.50. The van der Waals surface area contributed by atoms with Crippen LogP contribution in [-0.2, 0) is 22.4 Å². The Kier molecular flexibility index (Phi) is 10.4. The van der Waals surface area contributed by atoms with Crippen LogP contribution in [0.25, 0.3) is 28.6 Å². The molecular formula is C32H37F3N6O2Si. The lowest BCUT2D eigenvalue weighted by atomic mass is 10.1. The molecule has 0 spiro atoms. The average Bonchev–Trinajstić information content (AvgIpc) is 3.42. The predicted octanol–water partition coefficient (Wildman–Crippen LogP) is 7.62. The summed E-state index contributed by atoms with van der Waals surface area (Å²) in [6.45, 7) is 11.6. The number of ether oxygens (including phenoxy) is 1. The third-order valence-electron chi connectivity index (χ3n) is 6.43. The number of nitrogens with one attached hydrogen (secondary N) is 2. The van der Waals surface area contributed by atoms with Crippen LogP contribution >= 0.6 is 0 Å². The summed E-state index contributed by atoms with van der Waals surface area (Å²) >= 11 is 0. The summed E-state index contributed by atoms with van der Waals surface area (Å²) < 4.78 is 49.1. The van der Waals surface area contributed by atoms with Crippen LogP contribution in [0.3, 0.4) is 0 Å². The quantitative estimate of drug-likeness (QED) is 0.0959. The molecule has 8 nitrogen and oxygen atoms in total. The van der Waals surface area contributed by atoms with Crippen molar-refractivity contribution < 1.29 is 22.7 Å². The molecule has 1 amide bonds. The van der Waals surface area contributed by atoms with Gasteiger partial charge < -0.3 is 15.4 Å². The largest absolute Gasteiger partial charge is 0.421 e. The number of carbonyl (C=O) groups is 1. The molecule has 2 aromatic heterocycles. The number of anilines is 2. The molecule has 0 fully saturated rings. The normalized spacial score (nSPS) is 12.2. The lowest BCUT2D eigenvalue weighted by Gasteiger charge is -2.15. The summed E-state index contributed by atoms with van der Waals surface area (Å²) in [6.07, 6.45) is 2.73. The Bertz CT molecular complexity index is 1590. The molecule has 0 unspecified atom stereocenters. The van der Waals surface area contributed by atoms with Gasteiger partial charge >= 0.3 is 6.18 Å². The highest BCUT2D eigenvalue weighted by Gasteiger charge is 2.35. The highest BCUT2D eigenvalue weighted by molar-refractivity contribution is 6.76. The fraction of sp³-hybridized carbons (Fsp3) is 0.312. The van der Waals surface area contributed by atoms with Gasteiger partial charge in [-0.1, -0.05) is 50.0 Å². The van der Waals surface area contributed by atoms with Crippen LogP contribution < -0.4 is 10.6 Å². The standard InChI is InChI=1S/C32H37F3N6O2Si/c1-22(2)38-29(42)14-9-23-7-6-8-25(17-23)30-36-19-28(32(33,34)35)31(40-30)39-27-12-10-24(11-13-27)26-18-37-41(20-26)21-43-15-16-44(3,4)5/h6-14,17-20,22H,15-16,21H2,1-5H3,(H,38,42)(H,36,39,40)/b14-9+. The summed E-state index contributed by atoms with van der Waals surface area (Å²) in [5.41, 5.74) is 2.35. The first-order chi connectivity index (χ1) is 20.8. The molecule has 12 heteroatoms. The number of benzene rings is 2. The van der Waals surface area contributed by atoms with Gasteiger partial charge in [0, 0.05) is 56.0 Å². The highest BCUT2D eigenvalue weighted by atomic mass is 28.3. The zero-order valence-corrected chi connectivity index (χ0v) is 26.4. The maximum atomic E-state index is 13.9. The van der Waals surface area contributed by atoms with E-state index in [9.17, 15) is 18.0 Å². The number of hydrogen-bond donors (Lipinski definition) is 2. The van der Waals surface area contributed by atoms with Crippen LogP contribution in [0.5, 0.6) is 0 Å². The minimum atomic E-state index is -4.67. The second-order valence-electron chi connectivity index (χ2n) is 11.9. The van der Waals surface area contributed by atoms with Crippen LogP contribution in [-0.4, -0.2) is 46.4 Å². The van der Waals surface area contributed by atoms with Crippen molar-refractivity contribution in [3.63, 3.8) is 0 Å². The number of aromatic nitrogens is 4. The molecule has 0 aliphatic rings. The summed E-state index contributed by atoms with van der Waals surface area (Å²) in [6, 6.07) is 15.0. The van der Waals surface area contributed by atoms with Crippen molar-refractivity contribution in [1.82, 2.24) is 25.1 Å². The van der Waals surface area contributed by atoms with Crippen LogP contribution in [0, 0.1) is 0 Å². The minimum absolute atomic E-state index is 0.00502. The van der Waals surface area contributed by atoms with Crippen LogP contribution in [0.2, 0.25) is 25.7 Å². The summed E-state index contributed by atoms with van der Waals surface area (Å²) in [5, 5.41) is 9.93. The van der Waals surface area contributed by atoms with Crippen LogP contribution in [0.1, 0.15) is 25.0 Å². The maximum Gasteiger partial charge on any atom is 0.421 e. The molecule has 2 heterocycles. The minimum Gasteiger partial charge on any atom is -0.360 e. The smallest absolute Gasteiger partial charge is 0.360 e. The molecule has 0 aliphatic heterocycles. The molecule has 4 aromatic rings. The lowest BCUT2D eigenvalue weighted by molar-refractivity contribution is -0.137. The maximum absolute atomic E-state index is 13.9. The molecule has 0 bridgehead atoms. The van der Waals surface area contributed by atoms with Crippen molar-refractivity contribution >= 4 is 31.6 Å². The topological polar surface area (TPSA) is 94.0 Å². The van der Waals surface area contributed by atoms with E-state index in [1.807, 2.05) is 20.0 Å².